The van der Waals surface area contributed by atoms with Crippen molar-refractivity contribution in [1.82, 2.24) is 15.5 Å². The normalized spacial score (nSPS) is 13.0. The van der Waals surface area contributed by atoms with Crippen LogP contribution in [0.5, 0.6) is 5.75 Å². The summed E-state index contributed by atoms with van der Waals surface area (Å²) in [4.78, 5) is 0. The fourth-order valence-electron chi connectivity index (χ4n) is 1.48. The summed E-state index contributed by atoms with van der Waals surface area (Å²) in [6.07, 6.45) is -4.74. The molecule has 0 amide bonds. The molecule has 0 saturated heterocycles. The van der Waals surface area contributed by atoms with Crippen LogP contribution < -0.4 is 15.4 Å². The Hall–Kier alpha value is -2.29. The zero-order valence-electron chi connectivity index (χ0n) is 11.2. The molecule has 0 fully saturated rings. The molecule has 1 aromatic heterocycles. The van der Waals surface area contributed by atoms with E-state index in [1.807, 2.05) is 6.92 Å². The molecule has 0 aliphatic heterocycles. The minimum atomic E-state index is -4.74. The molecule has 1 heterocycles. The maximum Gasteiger partial charge on any atom is 0.573 e. The van der Waals surface area contributed by atoms with Gasteiger partial charge in [0.1, 0.15) is 5.75 Å². The summed E-state index contributed by atoms with van der Waals surface area (Å²) in [6, 6.07) is 5.29. The molecule has 1 atom stereocenters. The standard InChI is InChI=1S/C12H13F3N4O2/c1-7(16-2)10-18-19-11(20-10)17-8-4-3-5-9(6-8)21-12(13,14)15/h3-7,16H,1-2H3,(H,17,19). The molecule has 9 heteroatoms. The van der Waals surface area contributed by atoms with E-state index >= 15 is 0 Å². The van der Waals surface area contributed by atoms with E-state index in [2.05, 4.69) is 25.6 Å². The average Bonchev–Trinajstić information content (AvgIpc) is 2.84. The Balaban J connectivity index is 2.09. The molecule has 21 heavy (non-hydrogen) atoms. The molecule has 0 saturated carbocycles. The van der Waals surface area contributed by atoms with Gasteiger partial charge in [-0.25, -0.2) is 0 Å². The van der Waals surface area contributed by atoms with Gasteiger partial charge in [0.15, 0.2) is 0 Å². The Bertz CT molecular complexity index is 600. The molecule has 114 valence electrons. The highest BCUT2D eigenvalue weighted by Crippen LogP contribution is 2.26. The van der Waals surface area contributed by atoms with E-state index in [1.54, 1.807) is 13.1 Å². The van der Waals surface area contributed by atoms with Crippen molar-refractivity contribution >= 4 is 11.7 Å². The van der Waals surface area contributed by atoms with E-state index in [1.165, 1.54) is 18.2 Å². The number of benzene rings is 1. The van der Waals surface area contributed by atoms with Crippen LogP contribution in [0.2, 0.25) is 0 Å². The second-order valence-electron chi connectivity index (χ2n) is 4.16. The highest BCUT2D eigenvalue weighted by molar-refractivity contribution is 5.54. The first kappa shape index (κ1) is 15.1. The van der Waals surface area contributed by atoms with E-state index in [0.29, 0.717) is 11.6 Å². The molecule has 1 unspecified atom stereocenters. The van der Waals surface area contributed by atoms with Gasteiger partial charge in [-0.2, -0.15) is 0 Å². The van der Waals surface area contributed by atoms with Crippen molar-refractivity contribution in [3.63, 3.8) is 0 Å². The molecule has 2 N–H and O–H groups in total. The zero-order valence-corrected chi connectivity index (χ0v) is 11.2. The van der Waals surface area contributed by atoms with E-state index in [4.69, 9.17) is 4.42 Å². The highest BCUT2D eigenvalue weighted by atomic mass is 19.4. The Morgan fingerprint density at radius 1 is 1.29 bits per heavy atom. The summed E-state index contributed by atoms with van der Waals surface area (Å²) in [7, 11) is 1.74. The van der Waals surface area contributed by atoms with Crippen molar-refractivity contribution in [3.05, 3.63) is 30.2 Å². The van der Waals surface area contributed by atoms with Gasteiger partial charge >= 0.3 is 12.4 Å². The van der Waals surface area contributed by atoms with Crippen LogP contribution in [0.3, 0.4) is 0 Å². The van der Waals surface area contributed by atoms with Crippen molar-refractivity contribution in [3.8, 4) is 5.75 Å². The maximum absolute atomic E-state index is 12.1. The molecule has 6 nitrogen and oxygen atoms in total. The lowest BCUT2D eigenvalue weighted by molar-refractivity contribution is -0.274. The lowest BCUT2D eigenvalue weighted by atomic mass is 10.3. The fourth-order valence-corrected chi connectivity index (χ4v) is 1.48. The van der Waals surface area contributed by atoms with Crippen LogP contribution in [0.15, 0.2) is 28.7 Å². The average molecular weight is 302 g/mol. The van der Waals surface area contributed by atoms with E-state index < -0.39 is 6.36 Å². The maximum atomic E-state index is 12.1. The summed E-state index contributed by atoms with van der Waals surface area (Å²) < 4.78 is 45.6. The van der Waals surface area contributed by atoms with Gasteiger partial charge in [0.05, 0.1) is 6.04 Å². The van der Waals surface area contributed by atoms with Gasteiger partial charge in [0.25, 0.3) is 0 Å². The minimum Gasteiger partial charge on any atom is -0.406 e. The summed E-state index contributed by atoms with van der Waals surface area (Å²) in [5.74, 6) is 0.0264. The highest BCUT2D eigenvalue weighted by Gasteiger charge is 2.31. The number of nitrogens with zero attached hydrogens (tertiary/aromatic N) is 2. The number of aromatic nitrogens is 2. The number of halogens is 3. The number of ether oxygens (including phenoxy) is 1. The van der Waals surface area contributed by atoms with Crippen LogP contribution in [-0.4, -0.2) is 23.6 Å². The molecule has 2 rings (SSSR count). The zero-order chi connectivity index (χ0) is 15.5. The summed E-state index contributed by atoms with van der Waals surface area (Å²) in [5.41, 5.74) is 0.337. The SMILES string of the molecule is CNC(C)c1nnc(Nc2cccc(OC(F)(F)F)c2)o1. The second kappa shape index (κ2) is 6.00. The monoisotopic (exact) mass is 302 g/mol. The Morgan fingerprint density at radius 3 is 2.71 bits per heavy atom. The first-order valence-electron chi connectivity index (χ1n) is 6.01. The van der Waals surface area contributed by atoms with Crippen LogP contribution >= 0.6 is 0 Å². The number of nitrogens with one attached hydrogen (secondary N) is 2. The van der Waals surface area contributed by atoms with E-state index in [0.717, 1.165) is 0 Å². The number of hydrogen-bond acceptors (Lipinski definition) is 6. The van der Waals surface area contributed by atoms with Crippen molar-refractivity contribution in [1.29, 1.82) is 0 Å². The topological polar surface area (TPSA) is 72.2 Å². The quantitative estimate of drug-likeness (QED) is 0.884. The van der Waals surface area contributed by atoms with E-state index in [-0.39, 0.29) is 17.8 Å². The predicted octanol–water partition coefficient (Wildman–Crippen LogP) is 2.99. The minimum absolute atomic E-state index is 0.0799. The van der Waals surface area contributed by atoms with Crippen LogP contribution in [0.4, 0.5) is 24.9 Å². The smallest absolute Gasteiger partial charge is 0.406 e. The molecular formula is C12H13F3N4O2. The number of anilines is 2. The largest absolute Gasteiger partial charge is 0.573 e. The van der Waals surface area contributed by atoms with Crippen LogP contribution in [0.1, 0.15) is 18.9 Å². The second-order valence-corrected chi connectivity index (χ2v) is 4.16. The number of rotatable bonds is 5. The molecule has 2 aromatic rings. The van der Waals surface area contributed by atoms with Gasteiger partial charge in [-0.15, -0.1) is 18.3 Å². The molecule has 0 spiro atoms. The summed E-state index contributed by atoms with van der Waals surface area (Å²) in [6.45, 7) is 1.83. The Kier molecular flexibility index (Phi) is 4.32. The molecule has 0 aliphatic rings. The fraction of sp³-hybridized carbons (Fsp3) is 0.333. The number of hydrogen-bond donors (Lipinski definition) is 2. The third kappa shape index (κ3) is 4.35. The van der Waals surface area contributed by atoms with Crippen molar-refractivity contribution in [2.45, 2.75) is 19.3 Å². The van der Waals surface area contributed by atoms with E-state index in [9.17, 15) is 13.2 Å². The predicted molar refractivity (Wildman–Crippen MR) is 68.2 cm³/mol. The number of alkyl halides is 3. The summed E-state index contributed by atoms with van der Waals surface area (Å²) >= 11 is 0. The molecule has 0 bridgehead atoms. The van der Waals surface area contributed by atoms with Gasteiger partial charge in [-0.3, -0.25) is 0 Å². The van der Waals surface area contributed by atoms with Gasteiger partial charge in [-0.1, -0.05) is 11.2 Å². The van der Waals surface area contributed by atoms with Crippen LogP contribution in [0.25, 0.3) is 0 Å². The lowest BCUT2D eigenvalue weighted by Crippen LogP contribution is -2.17. The third-order valence-electron chi connectivity index (χ3n) is 2.56. The van der Waals surface area contributed by atoms with Crippen molar-refractivity contribution in [2.75, 3.05) is 12.4 Å². The molecule has 1 aromatic carbocycles. The first-order chi connectivity index (χ1) is 9.87. The van der Waals surface area contributed by atoms with Crippen LogP contribution in [-0.2, 0) is 0 Å². The summed E-state index contributed by atoms with van der Waals surface area (Å²) in [5, 5.41) is 13.2. The first-order valence-corrected chi connectivity index (χ1v) is 6.01. The van der Waals surface area contributed by atoms with Gasteiger partial charge in [0, 0.05) is 11.8 Å². The van der Waals surface area contributed by atoms with Gasteiger partial charge in [0.2, 0.25) is 5.89 Å². The van der Waals surface area contributed by atoms with Crippen LogP contribution in [0, 0.1) is 0 Å². The van der Waals surface area contributed by atoms with Gasteiger partial charge < -0.3 is 19.8 Å². The third-order valence-corrected chi connectivity index (χ3v) is 2.56. The Labute approximate surface area is 118 Å². The molecule has 0 radical (unpaired) electrons. The lowest BCUT2D eigenvalue weighted by Gasteiger charge is -2.09. The Morgan fingerprint density at radius 2 is 2.05 bits per heavy atom. The van der Waals surface area contributed by atoms with Gasteiger partial charge in [-0.05, 0) is 26.1 Å². The van der Waals surface area contributed by atoms with Crippen molar-refractivity contribution in [2.24, 2.45) is 0 Å². The molecule has 0 aliphatic carbocycles. The van der Waals surface area contributed by atoms with Crippen molar-refractivity contribution < 1.29 is 22.3 Å². The molecular weight excluding hydrogens is 289 g/mol.